The first-order valence-corrected chi connectivity index (χ1v) is 6.85. The van der Waals surface area contributed by atoms with Gasteiger partial charge < -0.3 is 11.1 Å². The Hall–Kier alpha value is -0.860. The second-order valence-corrected chi connectivity index (χ2v) is 5.13. The monoisotopic (exact) mass is 232 g/mol. The van der Waals surface area contributed by atoms with Gasteiger partial charge in [0.05, 0.1) is 0 Å². The van der Waals surface area contributed by atoms with Gasteiger partial charge in [-0.3, -0.25) is 0 Å². The number of hydrogen-bond donors (Lipinski definition) is 2. The third-order valence-corrected chi connectivity index (χ3v) is 3.80. The summed E-state index contributed by atoms with van der Waals surface area (Å²) in [6, 6.07) is 9.73. The summed E-state index contributed by atoms with van der Waals surface area (Å²) < 4.78 is 0. The van der Waals surface area contributed by atoms with Crippen molar-refractivity contribution < 1.29 is 0 Å². The lowest BCUT2D eigenvalue weighted by Gasteiger charge is -2.27. The Morgan fingerprint density at radius 2 is 2.00 bits per heavy atom. The lowest BCUT2D eigenvalue weighted by Crippen LogP contribution is -2.39. The summed E-state index contributed by atoms with van der Waals surface area (Å²) >= 11 is 0. The largest absolute Gasteiger partial charge is 0.328 e. The van der Waals surface area contributed by atoms with E-state index in [2.05, 4.69) is 36.5 Å². The molecule has 2 heteroatoms. The maximum absolute atomic E-state index is 6.01. The van der Waals surface area contributed by atoms with E-state index in [9.17, 15) is 0 Å². The highest BCUT2D eigenvalue weighted by Crippen LogP contribution is 2.18. The SMILES string of the molecule is CCc1ccccc1CNC1CCCC(N)C1. The molecule has 0 saturated heterocycles. The normalized spacial score (nSPS) is 24.8. The Morgan fingerprint density at radius 1 is 1.24 bits per heavy atom. The van der Waals surface area contributed by atoms with Crippen molar-refractivity contribution in [1.82, 2.24) is 5.32 Å². The van der Waals surface area contributed by atoms with Gasteiger partial charge in [-0.1, -0.05) is 37.6 Å². The summed E-state index contributed by atoms with van der Waals surface area (Å²) in [6.45, 7) is 3.21. The highest BCUT2D eigenvalue weighted by atomic mass is 14.9. The number of rotatable bonds is 4. The van der Waals surface area contributed by atoms with Crippen LogP contribution in [0, 0.1) is 0 Å². The quantitative estimate of drug-likeness (QED) is 0.837. The minimum atomic E-state index is 0.405. The topological polar surface area (TPSA) is 38.0 Å². The Labute approximate surface area is 105 Å². The van der Waals surface area contributed by atoms with E-state index in [0.29, 0.717) is 12.1 Å². The van der Waals surface area contributed by atoms with Crippen LogP contribution in [0.5, 0.6) is 0 Å². The van der Waals surface area contributed by atoms with Crippen molar-refractivity contribution in [3.63, 3.8) is 0 Å². The molecule has 0 spiro atoms. The molecule has 0 aliphatic heterocycles. The fraction of sp³-hybridized carbons (Fsp3) is 0.600. The summed E-state index contributed by atoms with van der Waals surface area (Å²) in [5, 5.41) is 3.66. The molecular weight excluding hydrogens is 208 g/mol. The van der Waals surface area contributed by atoms with E-state index in [0.717, 1.165) is 19.4 Å². The van der Waals surface area contributed by atoms with Crippen molar-refractivity contribution >= 4 is 0 Å². The van der Waals surface area contributed by atoms with Crippen molar-refractivity contribution in [1.29, 1.82) is 0 Å². The minimum absolute atomic E-state index is 0.405. The summed E-state index contributed by atoms with van der Waals surface area (Å²) in [5.74, 6) is 0. The molecule has 1 aliphatic rings. The van der Waals surface area contributed by atoms with E-state index in [1.165, 1.54) is 30.4 Å². The van der Waals surface area contributed by atoms with Crippen molar-refractivity contribution in [3.8, 4) is 0 Å². The highest BCUT2D eigenvalue weighted by Gasteiger charge is 2.18. The smallest absolute Gasteiger partial charge is 0.0210 e. The lowest BCUT2D eigenvalue weighted by atomic mass is 9.91. The van der Waals surface area contributed by atoms with Gasteiger partial charge in [0.1, 0.15) is 0 Å². The van der Waals surface area contributed by atoms with Crippen LogP contribution in [0.15, 0.2) is 24.3 Å². The molecule has 3 N–H and O–H groups in total. The fourth-order valence-corrected chi connectivity index (χ4v) is 2.74. The zero-order valence-electron chi connectivity index (χ0n) is 10.8. The number of aryl methyl sites for hydroxylation is 1. The van der Waals surface area contributed by atoms with Gasteiger partial charge in [0.15, 0.2) is 0 Å². The number of benzene rings is 1. The van der Waals surface area contributed by atoms with E-state index in [1.54, 1.807) is 0 Å². The summed E-state index contributed by atoms with van der Waals surface area (Å²) in [5.41, 5.74) is 8.91. The predicted molar refractivity (Wildman–Crippen MR) is 72.9 cm³/mol. The summed E-state index contributed by atoms with van der Waals surface area (Å²) in [7, 11) is 0. The molecule has 1 aromatic carbocycles. The van der Waals surface area contributed by atoms with Gasteiger partial charge in [-0.15, -0.1) is 0 Å². The van der Waals surface area contributed by atoms with E-state index >= 15 is 0 Å². The van der Waals surface area contributed by atoms with Crippen LogP contribution in [0.2, 0.25) is 0 Å². The van der Waals surface area contributed by atoms with Crippen LogP contribution >= 0.6 is 0 Å². The maximum atomic E-state index is 6.01. The zero-order chi connectivity index (χ0) is 12.1. The molecule has 2 unspecified atom stereocenters. The average molecular weight is 232 g/mol. The second kappa shape index (κ2) is 6.18. The van der Waals surface area contributed by atoms with Crippen molar-refractivity contribution in [3.05, 3.63) is 35.4 Å². The van der Waals surface area contributed by atoms with Gasteiger partial charge >= 0.3 is 0 Å². The lowest BCUT2D eigenvalue weighted by molar-refractivity contribution is 0.338. The predicted octanol–water partition coefficient (Wildman–Crippen LogP) is 2.61. The van der Waals surface area contributed by atoms with Crippen LogP contribution in [0.1, 0.15) is 43.7 Å². The molecule has 0 radical (unpaired) electrons. The van der Waals surface area contributed by atoms with Crippen molar-refractivity contribution in [2.24, 2.45) is 5.73 Å². The molecule has 17 heavy (non-hydrogen) atoms. The molecule has 0 heterocycles. The van der Waals surface area contributed by atoms with Crippen LogP contribution < -0.4 is 11.1 Å². The third-order valence-electron chi connectivity index (χ3n) is 3.80. The van der Waals surface area contributed by atoms with Crippen LogP contribution in [-0.2, 0) is 13.0 Å². The molecule has 0 amide bonds. The van der Waals surface area contributed by atoms with Gasteiger partial charge in [-0.05, 0) is 36.8 Å². The van der Waals surface area contributed by atoms with E-state index < -0.39 is 0 Å². The second-order valence-electron chi connectivity index (χ2n) is 5.13. The molecule has 1 fully saturated rings. The van der Waals surface area contributed by atoms with Gasteiger partial charge in [0.2, 0.25) is 0 Å². The van der Waals surface area contributed by atoms with Gasteiger partial charge in [-0.2, -0.15) is 0 Å². The number of hydrogen-bond acceptors (Lipinski definition) is 2. The van der Waals surface area contributed by atoms with Crippen LogP contribution in [0.4, 0.5) is 0 Å². The van der Waals surface area contributed by atoms with Crippen LogP contribution in [0.3, 0.4) is 0 Å². The molecule has 1 aliphatic carbocycles. The van der Waals surface area contributed by atoms with E-state index in [1.807, 2.05) is 0 Å². The Morgan fingerprint density at radius 3 is 2.71 bits per heavy atom. The van der Waals surface area contributed by atoms with Gasteiger partial charge in [0.25, 0.3) is 0 Å². The van der Waals surface area contributed by atoms with E-state index in [4.69, 9.17) is 5.73 Å². The summed E-state index contributed by atoms with van der Waals surface area (Å²) in [6.07, 6.45) is 6.00. The Balaban J connectivity index is 1.88. The standard InChI is InChI=1S/C15H24N2/c1-2-12-6-3-4-7-13(12)11-17-15-9-5-8-14(16)10-15/h3-4,6-7,14-15,17H,2,5,8-11,16H2,1H3. The molecule has 2 rings (SSSR count). The number of nitrogens with one attached hydrogen (secondary N) is 1. The number of nitrogens with two attached hydrogens (primary N) is 1. The minimum Gasteiger partial charge on any atom is -0.328 e. The maximum Gasteiger partial charge on any atom is 0.0210 e. The van der Waals surface area contributed by atoms with E-state index in [-0.39, 0.29) is 0 Å². The molecule has 1 aromatic rings. The van der Waals surface area contributed by atoms with Crippen molar-refractivity contribution in [2.45, 2.75) is 57.7 Å². The molecule has 0 bridgehead atoms. The Bertz CT molecular complexity index is 349. The third kappa shape index (κ3) is 3.55. The van der Waals surface area contributed by atoms with Gasteiger partial charge in [0, 0.05) is 18.6 Å². The Kier molecular flexibility index (Phi) is 4.57. The van der Waals surface area contributed by atoms with Gasteiger partial charge in [-0.25, -0.2) is 0 Å². The molecule has 1 saturated carbocycles. The average Bonchev–Trinajstić information content (AvgIpc) is 2.37. The first-order chi connectivity index (χ1) is 8.29. The van der Waals surface area contributed by atoms with Crippen LogP contribution in [0.25, 0.3) is 0 Å². The summed E-state index contributed by atoms with van der Waals surface area (Å²) in [4.78, 5) is 0. The van der Waals surface area contributed by atoms with Crippen LogP contribution in [-0.4, -0.2) is 12.1 Å². The molecule has 2 atom stereocenters. The fourth-order valence-electron chi connectivity index (χ4n) is 2.74. The molecule has 0 aromatic heterocycles. The molecular formula is C15H24N2. The first kappa shape index (κ1) is 12.6. The first-order valence-electron chi connectivity index (χ1n) is 6.85. The molecule has 2 nitrogen and oxygen atoms in total. The highest BCUT2D eigenvalue weighted by molar-refractivity contribution is 5.26. The molecule has 94 valence electrons. The van der Waals surface area contributed by atoms with Crippen molar-refractivity contribution in [2.75, 3.05) is 0 Å². The zero-order valence-corrected chi connectivity index (χ0v) is 10.8.